The van der Waals surface area contributed by atoms with Crippen LogP contribution >= 0.6 is 12.4 Å². The van der Waals surface area contributed by atoms with Gasteiger partial charge in [-0.15, -0.1) is 12.4 Å². The van der Waals surface area contributed by atoms with Crippen molar-refractivity contribution in [2.45, 2.75) is 63.1 Å². The van der Waals surface area contributed by atoms with E-state index < -0.39 is 6.10 Å². The number of H-pyrrole nitrogens is 1. The summed E-state index contributed by atoms with van der Waals surface area (Å²) in [6, 6.07) is 1.96. The lowest BCUT2D eigenvalue weighted by molar-refractivity contribution is -0.126. The predicted molar refractivity (Wildman–Crippen MR) is 87.2 cm³/mol. The summed E-state index contributed by atoms with van der Waals surface area (Å²) < 4.78 is 5.59. The zero-order chi connectivity index (χ0) is 14.7. The molecular weight excluding hydrogens is 304 g/mol. The van der Waals surface area contributed by atoms with Crippen molar-refractivity contribution in [1.82, 2.24) is 10.2 Å². The highest BCUT2D eigenvalue weighted by molar-refractivity contribution is 5.93. The number of amides is 1. The first kappa shape index (κ1) is 17.2. The van der Waals surface area contributed by atoms with E-state index in [4.69, 9.17) is 10.5 Å². The average molecular weight is 329 g/mol. The fourth-order valence-electron chi connectivity index (χ4n) is 3.30. The molecule has 1 aromatic rings. The van der Waals surface area contributed by atoms with E-state index >= 15 is 0 Å². The van der Waals surface area contributed by atoms with Gasteiger partial charge in [-0.2, -0.15) is 5.10 Å². The van der Waals surface area contributed by atoms with Crippen LogP contribution in [0.15, 0.2) is 6.07 Å². The Labute approximate surface area is 137 Å². The number of halogens is 1. The van der Waals surface area contributed by atoms with Gasteiger partial charge in [0.15, 0.2) is 5.82 Å². The van der Waals surface area contributed by atoms with Gasteiger partial charge in [0.05, 0.1) is 6.10 Å². The van der Waals surface area contributed by atoms with Crippen LogP contribution < -0.4 is 11.1 Å². The minimum absolute atomic E-state index is 0. The summed E-state index contributed by atoms with van der Waals surface area (Å²) in [6.45, 7) is 0.470. The van der Waals surface area contributed by atoms with Crippen LogP contribution in [0.4, 0.5) is 5.82 Å². The summed E-state index contributed by atoms with van der Waals surface area (Å²) in [6.07, 6.45) is 7.50. The molecular formula is C15H25ClN4O2. The molecule has 1 saturated heterocycles. The Hall–Kier alpha value is -1.11. The molecule has 0 radical (unpaired) electrons. The lowest BCUT2D eigenvalue weighted by Crippen LogP contribution is -2.29. The van der Waals surface area contributed by atoms with E-state index in [2.05, 4.69) is 15.5 Å². The third-order valence-electron chi connectivity index (χ3n) is 4.56. The Morgan fingerprint density at radius 2 is 2.09 bits per heavy atom. The van der Waals surface area contributed by atoms with Gasteiger partial charge >= 0.3 is 0 Å². The zero-order valence-electron chi connectivity index (χ0n) is 12.7. The molecule has 0 aromatic carbocycles. The number of nitrogens with one attached hydrogen (secondary N) is 2. The van der Waals surface area contributed by atoms with Crippen molar-refractivity contribution in [1.29, 1.82) is 0 Å². The summed E-state index contributed by atoms with van der Waals surface area (Å²) in [4.78, 5) is 12.1. The third-order valence-corrected chi connectivity index (χ3v) is 4.56. The van der Waals surface area contributed by atoms with Crippen LogP contribution in [0.1, 0.15) is 56.6 Å². The maximum Gasteiger partial charge on any atom is 0.254 e. The Balaban J connectivity index is 0.00000176. The number of ether oxygens (including phenoxy) is 1. The summed E-state index contributed by atoms with van der Waals surface area (Å²) in [5, 5.41) is 10.1. The first-order valence-electron chi connectivity index (χ1n) is 7.98. The minimum atomic E-state index is -0.395. The van der Waals surface area contributed by atoms with Crippen molar-refractivity contribution in [3.05, 3.63) is 11.8 Å². The second kappa shape index (κ2) is 7.94. The van der Waals surface area contributed by atoms with Crippen molar-refractivity contribution < 1.29 is 9.53 Å². The minimum Gasteiger partial charge on any atom is -0.364 e. The molecule has 1 aliphatic carbocycles. The molecule has 0 unspecified atom stereocenters. The Kier molecular flexibility index (Phi) is 6.23. The van der Waals surface area contributed by atoms with Crippen molar-refractivity contribution in [3.8, 4) is 0 Å². The van der Waals surface area contributed by atoms with Gasteiger partial charge in [-0.1, -0.05) is 19.3 Å². The molecule has 0 bridgehead atoms. The van der Waals surface area contributed by atoms with E-state index in [-0.39, 0.29) is 24.4 Å². The molecule has 2 fully saturated rings. The lowest BCUT2D eigenvalue weighted by atomic mass is 9.87. The highest BCUT2D eigenvalue weighted by Gasteiger charge is 2.30. The van der Waals surface area contributed by atoms with Crippen LogP contribution in [0.3, 0.4) is 0 Å². The third kappa shape index (κ3) is 4.00. The molecule has 4 N–H and O–H groups in total. The van der Waals surface area contributed by atoms with Gasteiger partial charge in [0.2, 0.25) is 0 Å². The highest BCUT2D eigenvalue weighted by atomic mass is 35.5. The van der Waals surface area contributed by atoms with Gasteiger partial charge in [-0.3, -0.25) is 9.89 Å². The molecule has 124 valence electrons. The van der Waals surface area contributed by atoms with Crippen LogP contribution in [0, 0.1) is 0 Å². The van der Waals surface area contributed by atoms with Gasteiger partial charge in [-0.25, -0.2) is 0 Å². The Morgan fingerprint density at radius 1 is 1.32 bits per heavy atom. The molecule has 2 heterocycles. The number of carbonyl (C=O) groups excluding carboxylic acids is 1. The Morgan fingerprint density at radius 3 is 2.77 bits per heavy atom. The van der Waals surface area contributed by atoms with E-state index in [1.807, 2.05) is 6.07 Å². The number of carbonyl (C=O) groups is 1. The van der Waals surface area contributed by atoms with E-state index in [9.17, 15) is 4.79 Å². The number of aromatic amines is 1. The maximum absolute atomic E-state index is 12.1. The predicted octanol–water partition coefficient (Wildman–Crippen LogP) is 2.32. The molecule has 0 spiro atoms. The molecule has 1 aromatic heterocycles. The van der Waals surface area contributed by atoms with Gasteiger partial charge in [0.25, 0.3) is 5.91 Å². The van der Waals surface area contributed by atoms with Gasteiger partial charge in [-0.05, 0) is 25.7 Å². The smallest absolute Gasteiger partial charge is 0.254 e. The summed E-state index contributed by atoms with van der Waals surface area (Å²) in [5.41, 5.74) is 6.70. The second-order valence-electron chi connectivity index (χ2n) is 6.09. The maximum atomic E-state index is 12.1. The number of anilines is 1. The summed E-state index contributed by atoms with van der Waals surface area (Å²) >= 11 is 0. The van der Waals surface area contributed by atoms with Crippen LogP contribution in [0.2, 0.25) is 0 Å². The molecule has 1 saturated carbocycles. The molecule has 2 aliphatic rings. The van der Waals surface area contributed by atoms with E-state index in [1.54, 1.807) is 0 Å². The van der Waals surface area contributed by atoms with Gasteiger partial charge in [0.1, 0.15) is 6.10 Å². The standard InChI is InChI=1S/C15H24N4O2.ClH/c16-9-11-6-7-13(21-11)15(20)17-14-8-12(18-19-14)10-4-2-1-3-5-10;/h8,10-11,13H,1-7,9,16H2,(H2,17,18,19,20);1H/t11-,13+;/m1./s1. The van der Waals surface area contributed by atoms with Crippen molar-refractivity contribution >= 4 is 24.1 Å². The van der Waals surface area contributed by atoms with Crippen LogP contribution in [-0.4, -0.2) is 34.9 Å². The monoisotopic (exact) mass is 328 g/mol. The number of nitrogens with two attached hydrogens (primary N) is 1. The molecule has 6 nitrogen and oxygen atoms in total. The number of nitrogens with zero attached hydrogens (tertiary/aromatic N) is 1. The number of aromatic nitrogens is 2. The van der Waals surface area contributed by atoms with Crippen molar-refractivity contribution in [2.24, 2.45) is 5.73 Å². The number of hydrogen-bond acceptors (Lipinski definition) is 4. The fourth-order valence-corrected chi connectivity index (χ4v) is 3.30. The van der Waals surface area contributed by atoms with Crippen molar-refractivity contribution in [2.75, 3.05) is 11.9 Å². The van der Waals surface area contributed by atoms with Crippen LogP contribution in [0.25, 0.3) is 0 Å². The van der Waals surface area contributed by atoms with E-state index in [0.29, 0.717) is 18.3 Å². The molecule has 2 atom stereocenters. The number of hydrogen-bond donors (Lipinski definition) is 3. The summed E-state index contributed by atoms with van der Waals surface area (Å²) in [7, 11) is 0. The normalized spacial score (nSPS) is 25.7. The number of rotatable bonds is 4. The van der Waals surface area contributed by atoms with Gasteiger partial charge in [0, 0.05) is 24.2 Å². The SMILES string of the molecule is Cl.NC[C@H]1CC[C@@H](C(=O)Nc2cc(C3CCCCC3)[nH]n2)O1. The van der Waals surface area contributed by atoms with Crippen LogP contribution in [-0.2, 0) is 9.53 Å². The van der Waals surface area contributed by atoms with E-state index in [1.165, 1.54) is 32.1 Å². The largest absolute Gasteiger partial charge is 0.364 e. The molecule has 7 heteroatoms. The summed E-state index contributed by atoms with van der Waals surface area (Å²) in [5.74, 6) is 1.04. The topological polar surface area (TPSA) is 93.0 Å². The molecule has 3 rings (SSSR count). The molecule has 1 amide bonds. The highest BCUT2D eigenvalue weighted by Crippen LogP contribution is 2.32. The second-order valence-corrected chi connectivity index (χ2v) is 6.09. The average Bonchev–Trinajstić information content (AvgIpc) is 3.17. The molecule has 22 heavy (non-hydrogen) atoms. The first-order valence-corrected chi connectivity index (χ1v) is 7.98. The fraction of sp³-hybridized carbons (Fsp3) is 0.733. The van der Waals surface area contributed by atoms with Gasteiger partial charge < -0.3 is 15.8 Å². The van der Waals surface area contributed by atoms with Crippen molar-refractivity contribution in [3.63, 3.8) is 0 Å². The molecule has 1 aliphatic heterocycles. The Bertz CT molecular complexity index is 488. The quantitative estimate of drug-likeness (QED) is 0.790. The van der Waals surface area contributed by atoms with Crippen LogP contribution in [0.5, 0.6) is 0 Å². The van der Waals surface area contributed by atoms with E-state index in [0.717, 1.165) is 18.5 Å². The first-order chi connectivity index (χ1) is 10.3. The lowest BCUT2D eigenvalue weighted by Gasteiger charge is -2.19. The zero-order valence-corrected chi connectivity index (χ0v) is 13.5.